The van der Waals surface area contributed by atoms with Gasteiger partial charge in [0, 0.05) is 17.2 Å². The fourth-order valence-corrected chi connectivity index (χ4v) is 3.66. The van der Waals surface area contributed by atoms with Crippen LogP contribution >= 0.6 is 0 Å². The van der Waals surface area contributed by atoms with E-state index < -0.39 is 21.8 Å². The lowest BCUT2D eigenvalue weighted by molar-refractivity contribution is -0.137. The molecule has 1 spiro atoms. The van der Waals surface area contributed by atoms with Gasteiger partial charge in [0.05, 0.1) is 11.3 Å². The van der Waals surface area contributed by atoms with E-state index in [1.165, 1.54) is 24.4 Å². The Balaban J connectivity index is 1.72. The van der Waals surface area contributed by atoms with Gasteiger partial charge < -0.3 is 0 Å². The second-order valence-corrected chi connectivity index (χ2v) is 8.41. The standard InChI is InChI=1S/C19H15F3N2O2S/c20-19(21,22)13-3-1-12(2-4-13)15-9-18(7-8-18)10-16(15)17-6-5-14(11-24-17)27(23,25)26/h1-6,9-11H,7-8H2,(H2,23,25,26). The molecule has 0 unspecified atom stereocenters. The van der Waals surface area contributed by atoms with Crippen molar-refractivity contribution in [3.8, 4) is 0 Å². The molecular weight excluding hydrogens is 377 g/mol. The lowest BCUT2D eigenvalue weighted by Gasteiger charge is -2.11. The van der Waals surface area contributed by atoms with Gasteiger partial charge in [-0.25, -0.2) is 13.6 Å². The van der Waals surface area contributed by atoms with Crippen molar-refractivity contribution in [2.24, 2.45) is 10.6 Å². The zero-order valence-electron chi connectivity index (χ0n) is 14.0. The summed E-state index contributed by atoms with van der Waals surface area (Å²) in [5.41, 5.74) is 2.03. The van der Waals surface area contributed by atoms with Crippen molar-refractivity contribution in [1.29, 1.82) is 0 Å². The number of alkyl halides is 3. The van der Waals surface area contributed by atoms with Crippen molar-refractivity contribution in [3.63, 3.8) is 0 Å². The van der Waals surface area contributed by atoms with Crippen LogP contribution in [0.2, 0.25) is 0 Å². The Morgan fingerprint density at radius 1 is 0.963 bits per heavy atom. The maximum absolute atomic E-state index is 12.8. The largest absolute Gasteiger partial charge is 0.416 e. The summed E-state index contributed by atoms with van der Waals surface area (Å²) in [5, 5.41) is 5.10. The molecule has 4 rings (SSSR count). The molecule has 2 aromatic rings. The second-order valence-electron chi connectivity index (χ2n) is 6.85. The molecule has 0 amide bonds. The van der Waals surface area contributed by atoms with Crippen LogP contribution in [0.3, 0.4) is 0 Å². The van der Waals surface area contributed by atoms with Gasteiger partial charge in [0.2, 0.25) is 10.0 Å². The first-order valence-electron chi connectivity index (χ1n) is 8.20. The minimum absolute atomic E-state index is 0.0757. The number of hydrogen-bond donors (Lipinski definition) is 1. The first-order chi connectivity index (χ1) is 12.6. The van der Waals surface area contributed by atoms with Crippen LogP contribution in [0.25, 0.3) is 11.1 Å². The number of pyridine rings is 1. The normalized spacial score (nSPS) is 18.4. The van der Waals surface area contributed by atoms with E-state index in [0.29, 0.717) is 11.3 Å². The Kier molecular flexibility index (Phi) is 3.83. The Bertz CT molecular complexity index is 1060. The number of halogens is 3. The van der Waals surface area contributed by atoms with E-state index in [0.717, 1.165) is 36.1 Å². The zero-order valence-corrected chi connectivity index (χ0v) is 14.8. The molecule has 1 aromatic carbocycles. The Morgan fingerprint density at radius 2 is 1.59 bits per heavy atom. The van der Waals surface area contributed by atoms with Gasteiger partial charge in [0.1, 0.15) is 4.90 Å². The monoisotopic (exact) mass is 392 g/mol. The summed E-state index contributed by atoms with van der Waals surface area (Å²) in [6, 6.07) is 7.95. The zero-order chi connectivity index (χ0) is 19.4. The van der Waals surface area contributed by atoms with Crippen molar-refractivity contribution in [1.82, 2.24) is 4.98 Å². The van der Waals surface area contributed by atoms with Gasteiger partial charge in [0.25, 0.3) is 0 Å². The maximum Gasteiger partial charge on any atom is 0.416 e. The van der Waals surface area contributed by atoms with E-state index in [4.69, 9.17) is 5.14 Å². The van der Waals surface area contributed by atoms with Gasteiger partial charge in [-0.3, -0.25) is 4.98 Å². The van der Waals surface area contributed by atoms with Crippen LogP contribution in [0.5, 0.6) is 0 Å². The summed E-state index contributed by atoms with van der Waals surface area (Å²) in [4.78, 5) is 4.11. The van der Waals surface area contributed by atoms with Crippen LogP contribution in [0.15, 0.2) is 59.6 Å². The quantitative estimate of drug-likeness (QED) is 0.858. The van der Waals surface area contributed by atoms with Crippen LogP contribution < -0.4 is 5.14 Å². The number of allylic oxidation sites excluding steroid dienone is 4. The summed E-state index contributed by atoms with van der Waals surface area (Å²) in [5.74, 6) is 0. The summed E-state index contributed by atoms with van der Waals surface area (Å²) < 4.78 is 61.2. The smallest absolute Gasteiger partial charge is 0.255 e. The number of hydrogen-bond acceptors (Lipinski definition) is 3. The van der Waals surface area contributed by atoms with Gasteiger partial charge in [-0.05, 0) is 48.2 Å². The van der Waals surface area contributed by atoms with Crippen molar-refractivity contribution in [2.45, 2.75) is 23.9 Å². The molecule has 1 fully saturated rings. The highest BCUT2D eigenvalue weighted by Gasteiger charge is 2.43. The van der Waals surface area contributed by atoms with E-state index in [1.807, 2.05) is 0 Å². The van der Waals surface area contributed by atoms with Crippen LogP contribution in [0.1, 0.15) is 29.7 Å². The molecule has 1 saturated carbocycles. The van der Waals surface area contributed by atoms with E-state index >= 15 is 0 Å². The molecule has 1 aromatic heterocycles. The number of benzene rings is 1. The molecular formula is C19H15F3N2O2S. The van der Waals surface area contributed by atoms with Gasteiger partial charge in [-0.15, -0.1) is 0 Å². The molecule has 8 heteroatoms. The number of sulfonamides is 1. The minimum atomic E-state index is -4.38. The fraction of sp³-hybridized carbons (Fsp3) is 0.211. The molecule has 0 saturated heterocycles. The molecule has 27 heavy (non-hydrogen) atoms. The Labute approximate surface area is 154 Å². The maximum atomic E-state index is 12.8. The Morgan fingerprint density at radius 3 is 2.07 bits per heavy atom. The third-order valence-corrected chi connectivity index (χ3v) is 5.74. The molecule has 1 heterocycles. The number of aromatic nitrogens is 1. The average Bonchev–Trinajstić information content (AvgIpc) is 3.24. The van der Waals surface area contributed by atoms with Gasteiger partial charge in [0.15, 0.2) is 0 Å². The van der Waals surface area contributed by atoms with Gasteiger partial charge in [-0.1, -0.05) is 24.3 Å². The molecule has 0 radical (unpaired) electrons. The molecule has 2 aliphatic carbocycles. The van der Waals surface area contributed by atoms with Crippen molar-refractivity contribution >= 4 is 21.2 Å². The summed E-state index contributed by atoms with van der Waals surface area (Å²) in [6.07, 6.45) is 2.85. The summed E-state index contributed by atoms with van der Waals surface area (Å²) in [7, 11) is -3.84. The molecule has 4 nitrogen and oxygen atoms in total. The third-order valence-electron chi connectivity index (χ3n) is 4.85. The number of nitrogens with two attached hydrogens (primary N) is 1. The first kappa shape index (κ1) is 17.9. The first-order valence-corrected chi connectivity index (χ1v) is 9.75. The topological polar surface area (TPSA) is 73.1 Å². The molecule has 0 aliphatic heterocycles. The predicted octanol–water partition coefficient (Wildman–Crippen LogP) is 4.01. The molecule has 2 N–H and O–H groups in total. The third kappa shape index (κ3) is 3.42. The summed E-state index contributed by atoms with van der Waals surface area (Å²) >= 11 is 0. The highest BCUT2D eigenvalue weighted by Crippen LogP contribution is 2.57. The minimum Gasteiger partial charge on any atom is -0.255 e. The average molecular weight is 392 g/mol. The van der Waals surface area contributed by atoms with Crippen LogP contribution in [-0.2, 0) is 16.2 Å². The van der Waals surface area contributed by atoms with Crippen LogP contribution in [0, 0.1) is 5.41 Å². The van der Waals surface area contributed by atoms with Gasteiger partial charge >= 0.3 is 6.18 Å². The molecule has 2 aliphatic rings. The van der Waals surface area contributed by atoms with Crippen LogP contribution in [0.4, 0.5) is 13.2 Å². The molecule has 0 atom stereocenters. The van der Waals surface area contributed by atoms with Crippen molar-refractivity contribution in [2.75, 3.05) is 0 Å². The lowest BCUT2D eigenvalue weighted by Crippen LogP contribution is -2.12. The van der Waals surface area contributed by atoms with E-state index in [2.05, 4.69) is 17.1 Å². The SMILES string of the molecule is NS(=O)(=O)c1ccc(C2=CC3(C=C2c2ccc(C(F)(F)F)cc2)CC3)nc1. The van der Waals surface area contributed by atoms with E-state index in [-0.39, 0.29) is 10.3 Å². The lowest BCUT2D eigenvalue weighted by atomic mass is 9.97. The summed E-state index contributed by atoms with van der Waals surface area (Å²) in [6.45, 7) is 0. The number of nitrogens with zero attached hydrogens (tertiary/aromatic N) is 1. The fourth-order valence-electron chi connectivity index (χ4n) is 3.20. The number of primary sulfonamides is 1. The van der Waals surface area contributed by atoms with Crippen molar-refractivity contribution < 1.29 is 21.6 Å². The number of rotatable bonds is 3. The molecule has 140 valence electrons. The van der Waals surface area contributed by atoms with Crippen molar-refractivity contribution in [3.05, 3.63) is 71.6 Å². The highest BCUT2D eigenvalue weighted by molar-refractivity contribution is 7.89. The van der Waals surface area contributed by atoms with E-state index in [9.17, 15) is 21.6 Å². The molecule has 0 bridgehead atoms. The highest BCUT2D eigenvalue weighted by atomic mass is 32.2. The van der Waals surface area contributed by atoms with E-state index in [1.54, 1.807) is 6.07 Å². The Hall–Kier alpha value is -2.45. The predicted molar refractivity (Wildman–Crippen MR) is 94.7 cm³/mol. The van der Waals surface area contributed by atoms with Crippen LogP contribution in [-0.4, -0.2) is 13.4 Å². The van der Waals surface area contributed by atoms with Gasteiger partial charge in [-0.2, -0.15) is 13.2 Å². The second kappa shape index (κ2) is 5.77.